The zero-order chi connectivity index (χ0) is 18.7. The number of aryl methyl sites for hydroxylation is 1. The van der Waals surface area contributed by atoms with Crippen molar-refractivity contribution in [1.82, 2.24) is 4.90 Å². The summed E-state index contributed by atoms with van der Waals surface area (Å²) in [6.07, 6.45) is 2.01. The van der Waals surface area contributed by atoms with Gasteiger partial charge in [-0.15, -0.1) is 0 Å². The summed E-state index contributed by atoms with van der Waals surface area (Å²) in [5, 5.41) is 0. The van der Waals surface area contributed by atoms with Crippen LogP contribution in [0.15, 0.2) is 24.3 Å². The summed E-state index contributed by atoms with van der Waals surface area (Å²) in [4.78, 5) is 41.2. The van der Waals surface area contributed by atoms with Crippen LogP contribution in [0.3, 0.4) is 0 Å². The van der Waals surface area contributed by atoms with E-state index >= 15 is 0 Å². The molecule has 0 aromatic heterocycles. The summed E-state index contributed by atoms with van der Waals surface area (Å²) in [5.74, 6) is -1.46. The normalized spacial score (nSPS) is 23.2. The molecule has 6 nitrogen and oxygen atoms in total. The highest BCUT2D eigenvalue weighted by atomic mass is 16.5. The van der Waals surface area contributed by atoms with Gasteiger partial charge in [0.25, 0.3) is 0 Å². The van der Waals surface area contributed by atoms with E-state index < -0.39 is 5.92 Å². The molecule has 2 heterocycles. The molecule has 0 N–H and O–H groups in total. The Morgan fingerprint density at radius 1 is 1.19 bits per heavy atom. The summed E-state index contributed by atoms with van der Waals surface area (Å²) in [6, 6.07) is 7.72. The van der Waals surface area contributed by atoms with Gasteiger partial charge in [-0.1, -0.05) is 18.2 Å². The summed E-state index contributed by atoms with van der Waals surface area (Å²) in [6.45, 7) is 5.59. The molecular weight excluding hydrogens is 332 g/mol. The van der Waals surface area contributed by atoms with Crippen LogP contribution < -0.4 is 4.90 Å². The maximum Gasteiger partial charge on any atom is 0.310 e. The predicted molar refractivity (Wildman–Crippen MR) is 97.6 cm³/mol. The van der Waals surface area contributed by atoms with Gasteiger partial charge in [-0.05, 0) is 44.7 Å². The summed E-state index contributed by atoms with van der Waals surface area (Å²) >= 11 is 0. The molecule has 1 aromatic rings. The van der Waals surface area contributed by atoms with Crippen LogP contribution in [0.5, 0.6) is 0 Å². The van der Waals surface area contributed by atoms with E-state index in [9.17, 15) is 14.4 Å². The van der Waals surface area contributed by atoms with Gasteiger partial charge < -0.3 is 14.5 Å². The fourth-order valence-corrected chi connectivity index (χ4v) is 3.86. The number of benzene rings is 1. The standard InChI is InChI=1S/C20H26N2O4/c1-3-26-20(25)15-8-6-11-21(13-15)18(23)16-10-12-22(19(16)24)17-9-5-4-7-14(17)2/h4-5,7,9,15-16H,3,6,8,10-13H2,1-2H3/t15-,16-/m1/s1. The van der Waals surface area contributed by atoms with E-state index in [-0.39, 0.29) is 23.7 Å². The molecule has 0 spiro atoms. The van der Waals surface area contributed by atoms with Gasteiger partial charge in [-0.25, -0.2) is 0 Å². The van der Waals surface area contributed by atoms with Crippen molar-refractivity contribution < 1.29 is 19.1 Å². The van der Waals surface area contributed by atoms with Gasteiger partial charge in [0.15, 0.2) is 0 Å². The minimum absolute atomic E-state index is 0.137. The molecule has 0 aliphatic carbocycles. The molecule has 0 radical (unpaired) electrons. The van der Waals surface area contributed by atoms with Crippen molar-refractivity contribution in [3.8, 4) is 0 Å². The second-order valence-electron chi connectivity index (χ2n) is 6.99. The van der Waals surface area contributed by atoms with Gasteiger partial charge in [-0.3, -0.25) is 14.4 Å². The number of para-hydroxylation sites is 1. The van der Waals surface area contributed by atoms with Gasteiger partial charge in [0.1, 0.15) is 5.92 Å². The number of piperidine rings is 1. The van der Waals surface area contributed by atoms with Crippen LogP contribution in [-0.4, -0.2) is 48.9 Å². The maximum atomic E-state index is 12.9. The number of likely N-dealkylation sites (tertiary alicyclic amines) is 1. The largest absolute Gasteiger partial charge is 0.466 e. The number of amides is 2. The van der Waals surface area contributed by atoms with Gasteiger partial charge in [0, 0.05) is 25.3 Å². The zero-order valence-corrected chi connectivity index (χ0v) is 15.4. The number of ether oxygens (including phenoxy) is 1. The molecule has 2 fully saturated rings. The molecule has 3 rings (SSSR count). The molecule has 6 heteroatoms. The molecule has 0 unspecified atom stereocenters. The van der Waals surface area contributed by atoms with Crippen LogP contribution >= 0.6 is 0 Å². The monoisotopic (exact) mass is 358 g/mol. The Labute approximate surface area is 154 Å². The van der Waals surface area contributed by atoms with Gasteiger partial charge >= 0.3 is 5.97 Å². The van der Waals surface area contributed by atoms with E-state index in [0.29, 0.717) is 32.7 Å². The Kier molecular flexibility index (Phi) is 5.59. The SMILES string of the molecule is CCOC(=O)[C@@H]1CCCN(C(=O)[C@H]2CCN(c3ccccc3C)C2=O)C1. The topological polar surface area (TPSA) is 66.9 Å². The van der Waals surface area contributed by atoms with Crippen LogP contribution in [0.4, 0.5) is 5.69 Å². The lowest BCUT2D eigenvalue weighted by Crippen LogP contribution is -2.46. The molecule has 140 valence electrons. The summed E-state index contributed by atoms with van der Waals surface area (Å²) in [5.41, 5.74) is 1.89. The number of esters is 1. The Bertz CT molecular complexity index is 703. The number of hydrogen-bond donors (Lipinski definition) is 0. The lowest BCUT2D eigenvalue weighted by atomic mass is 9.96. The first-order chi connectivity index (χ1) is 12.5. The minimum Gasteiger partial charge on any atom is -0.466 e. The minimum atomic E-state index is -0.643. The Hall–Kier alpha value is -2.37. The molecule has 2 aliphatic rings. The van der Waals surface area contributed by atoms with E-state index in [4.69, 9.17) is 4.74 Å². The number of carbonyl (C=O) groups excluding carboxylic acids is 3. The number of nitrogens with zero attached hydrogens (tertiary/aromatic N) is 2. The molecular formula is C20H26N2O4. The third-order valence-corrected chi connectivity index (χ3v) is 5.26. The number of anilines is 1. The summed E-state index contributed by atoms with van der Waals surface area (Å²) < 4.78 is 5.09. The maximum absolute atomic E-state index is 12.9. The van der Waals surface area contributed by atoms with Crippen molar-refractivity contribution in [2.24, 2.45) is 11.8 Å². The second kappa shape index (κ2) is 7.89. The van der Waals surface area contributed by atoms with E-state index in [1.807, 2.05) is 31.2 Å². The van der Waals surface area contributed by atoms with Crippen LogP contribution in [0.1, 0.15) is 31.7 Å². The van der Waals surface area contributed by atoms with E-state index in [0.717, 1.165) is 24.1 Å². The van der Waals surface area contributed by atoms with Crippen molar-refractivity contribution in [3.63, 3.8) is 0 Å². The molecule has 2 atom stereocenters. The Morgan fingerprint density at radius 2 is 1.96 bits per heavy atom. The Morgan fingerprint density at radius 3 is 2.69 bits per heavy atom. The van der Waals surface area contributed by atoms with Crippen molar-refractivity contribution in [3.05, 3.63) is 29.8 Å². The lowest BCUT2D eigenvalue weighted by Gasteiger charge is -2.33. The molecule has 2 aliphatic heterocycles. The van der Waals surface area contributed by atoms with Crippen LogP contribution in [0, 0.1) is 18.8 Å². The number of rotatable bonds is 4. The fourth-order valence-electron chi connectivity index (χ4n) is 3.86. The van der Waals surface area contributed by atoms with E-state index in [2.05, 4.69) is 0 Å². The highest BCUT2D eigenvalue weighted by molar-refractivity contribution is 6.10. The van der Waals surface area contributed by atoms with E-state index in [1.54, 1.807) is 16.7 Å². The van der Waals surface area contributed by atoms with Gasteiger partial charge in [-0.2, -0.15) is 0 Å². The molecule has 2 amide bonds. The average molecular weight is 358 g/mol. The van der Waals surface area contributed by atoms with Crippen LogP contribution in [-0.2, 0) is 19.1 Å². The van der Waals surface area contributed by atoms with Crippen molar-refractivity contribution in [2.75, 3.05) is 31.1 Å². The predicted octanol–water partition coefficient (Wildman–Crippen LogP) is 2.15. The Balaban J connectivity index is 1.68. The highest BCUT2D eigenvalue weighted by Gasteiger charge is 2.41. The molecule has 26 heavy (non-hydrogen) atoms. The third kappa shape index (κ3) is 3.59. The number of hydrogen-bond acceptors (Lipinski definition) is 4. The third-order valence-electron chi connectivity index (χ3n) is 5.26. The van der Waals surface area contributed by atoms with Crippen LogP contribution in [0.25, 0.3) is 0 Å². The molecule has 0 bridgehead atoms. The molecule has 2 saturated heterocycles. The van der Waals surface area contributed by atoms with Crippen molar-refractivity contribution in [2.45, 2.75) is 33.1 Å². The van der Waals surface area contributed by atoms with Crippen molar-refractivity contribution >= 4 is 23.5 Å². The first-order valence-electron chi connectivity index (χ1n) is 9.35. The first kappa shape index (κ1) is 18.4. The first-order valence-corrected chi connectivity index (χ1v) is 9.35. The van der Waals surface area contributed by atoms with Crippen molar-refractivity contribution in [1.29, 1.82) is 0 Å². The quantitative estimate of drug-likeness (QED) is 0.611. The van der Waals surface area contributed by atoms with Crippen LogP contribution in [0.2, 0.25) is 0 Å². The molecule has 0 saturated carbocycles. The van der Waals surface area contributed by atoms with E-state index in [1.165, 1.54) is 0 Å². The van der Waals surface area contributed by atoms with Gasteiger partial charge in [0.05, 0.1) is 12.5 Å². The zero-order valence-electron chi connectivity index (χ0n) is 15.4. The fraction of sp³-hybridized carbons (Fsp3) is 0.550. The lowest BCUT2D eigenvalue weighted by molar-refractivity contribution is -0.152. The smallest absolute Gasteiger partial charge is 0.310 e. The average Bonchev–Trinajstić information content (AvgIpc) is 3.03. The number of carbonyl (C=O) groups is 3. The van der Waals surface area contributed by atoms with Gasteiger partial charge in [0.2, 0.25) is 11.8 Å². The summed E-state index contributed by atoms with van der Waals surface area (Å²) in [7, 11) is 0. The second-order valence-corrected chi connectivity index (χ2v) is 6.99. The molecule has 1 aromatic carbocycles. The highest BCUT2D eigenvalue weighted by Crippen LogP contribution is 2.30.